The van der Waals surface area contributed by atoms with Gasteiger partial charge in [0.25, 0.3) is 0 Å². The van der Waals surface area contributed by atoms with Gasteiger partial charge in [0, 0.05) is 11.7 Å². The Hall–Kier alpha value is -1.15. The molecule has 1 aliphatic rings. The van der Waals surface area contributed by atoms with Crippen LogP contribution in [0.3, 0.4) is 0 Å². The third-order valence-electron chi connectivity index (χ3n) is 3.26. The lowest BCUT2D eigenvalue weighted by atomic mass is 10.0. The van der Waals surface area contributed by atoms with Crippen molar-refractivity contribution in [1.29, 1.82) is 0 Å². The van der Waals surface area contributed by atoms with Gasteiger partial charge in [-0.1, -0.05) is 36.6 Å². The van der Waals surface area contributed by atoms with Gasteiger partial charge in [-0.2, -0.15) is 0 Å². The Morgan fingerprint density at radius 2 is 2.17 bits per heavy atom. The average Bonchev–Trinajstić information content (AvgIpc) is 2.33. The first-order valence-corrected chi connectivity index (χ1v) is 6.94. The van der Waals surface area contributed by atoms with Gasteiger partial charge in [-0.15, -0.1) is 0 Å². The number of methoxy groups -OCH3 is 1. The van der Waals surface area contributed by atoms with Crippen molar-refractivity contribution in [2.75, 3.05) is 12.4 Å². The van der Waals surface area contributed by atoms with Crippen LogP contribution in [0.1, 0.15) is 32.1 Å². The molecule has 1 unspecified atom stereocenters. The fraction of sp³-hybridized carbons (Fsp3) is 0.467. The second kappa shape index (κ2) is 6.69. The van der Waals surface area contributed by atoms with E-state index in [4.69, 9.17) is 16.3 Å². The van der Waals surface area contributed by atoms with Crippen LogP contribution in [0.5, 0.6) is 5.75 Å². The zero-order valence-corrected chi connectivity index (χ0v) is 11.5. The molecule has 0 saturated carbocycles. The maximum Gasteiger partial charge on any atom is 0.137 e. The molecule has 1 atom stereocenters. The van der Waals surface area contributed by atoms with Crippen molar-refractivity contribution in [3.63, 3.8) is 0 Å². The molecule has 0 aromatic heterocycles. The monoisotopic (exact) mass is 265 g/mol. The largest absolute Gasteiger partial charge is 0.495 e. The number of anilines is 1. The van der Waals surface area contributed by atoms with Crippen LogP contribution in [0.4, 0.5) is 5.69 Å². The summed E-state index contributed by atoms with van der Waals surface area (Å²) in [6.45, 7) is 0. The quantitative estimate of drug-likeness (QED) is 0.804. The van der Waals surface area contributed by atoms with Crippen molar-refractivity contribution in [2.45, 2.75) is 38.1 Å². The standard InChI is InChI=1S/C15H20ClNO/c1-18-15-10-9-13(11-14(15)16)17-12-7-5-3-2-4-6-8-12/h5,7,9-12,17H,2-4,6,8H2,1H3/b7-5+. The minimum Gasteiger partial charge on any atom is -0.495 e. The van der Waals surface area contributed by atoms with E-state index >= 15 is 0 Å². The molecule has 0 saturated heterocycles. The Morgan fingerprint density at radius 3 is 2.94 bits per heavy atom. The van der Waals surface area contributed by atoms with E-state index in [1.165, 1.54) is 32.1 Å². The van der Waals surface area contributed by atoms with Gasteiger partial charge < -0.3 is 10.1 Å². The predicted octanol–water partition coefficient (Wildman–Crippen LogP) is 4.65. The van der Waals surface area contributed by atoms with Crippen molar-refractivity contribution >= 4 is 17.3 Å². The Morgan fingerprint density at radius 1 is 1.28 bits per heavy atom. The maximum atomic E-state index is 6.12. The van der Waals surface area contributed by atoms with Gasteiger partial charge in [0.1, 0.15) is 5.75 Å². The summed E-state index contributed by atoms with van der Waals surface area (Å²) in [7, 11) is 1.63. The molecular weight excluding hydrogens is 246 g/mol. The molecule has 0 spiro atoms. The number of rotatable bonds is 3. The second-order valence-electron chi connectivity index (χ2n) is 4.67. The Balaban J connectivity index is 2.03. The minimum absolute atomic E-state index is 0.412. The summed E-state index contributed by atoms with van der Waals surface area (Å²) >= 11 is 6.12. The predicted molar refractivity (Wildman–Crippen MR) is 77.6 cm³/mol. The first kappa shape index (κ1) is 13.3. The summed E-state index contributed by atoms with van der Waals surface area (Å²) in [4.78, 5) is 0. The van der Waals surface area contributed by atoms with E-state index in [2.05, 4.69) is 17.5 Å². The molecule has 0 fully saturated rings. The molecule has 1 aromatic rings. The van der Waals surface area contributed by atoms with E-state index in [1.54, 1.807) is 7.11 Å². The normalized spacial score (nSPS) is 21.8. The highest BCUT2D eigenvalue weighted by Crippen LogP contribution is 2.28. The summed E-state index contributed by atoms with van der Waals surface area (Å²) in [5, 5.41) is 4.16. The van der Waals surface area contributed by atoms with Gasteiger partial charge in [-0.05, 0) is 37.5 Å². The van der Waals surface area contributed by atoms with E-state index in [-0.39, 0.29) is 0 Å². The highest BCUT2D eigenvalue weighted by atomic mass is 35.5. The molecule has 0 aliphatic heterocycles. The molecule has 0 heterocycles. The molecule has 98 valence electrons. The van der Waals surface area contributed by atoms with Crippen molar-refractivity contribution in [2.24, 2.45) is 0 Å². The summed E-state index contributed by atoms with van der Waals surface area (Å²) in [6.07, 6.45) is 10.9. The molecule has 18 heavy (non-hydrogen) atoms. The van der Waals surface area contributed by atoms with E-state index in [0.29, 0.717) is 11.1 Å². The zero-order chi connectivity index (χ0) is 12.8. The number of halogens is 1. The first-order chi connectivity index (χ1) is 8.79. The summed E-state index contributed by atoms with van der Waals surface area (Å²) in [5.41, 5.74) is 1.05. The molecule has 1 aromatic carbocycles. The van der Waals surface area contributed by atoms with Crippen molar-refractivity contribution in [3.8, 4) is 5.75 Å². The average molecular weight is 266 g/mol. The smallest absolute Gasteiger partial charge is 0.137 e. The molecule has 0 amide bonds. The van der Waals surface area contributed by atoms with Crippen LogP contribution in [0.15, 0.2) is 30.4 Å². The molecule has 0 bridgehead atoms. The van der Waals surface area contributed by atoms with Crippen LogP contribution < -0.4 is 10.1 Å². The third-order valence-corrected chi connectivity index (χ3v) is 3.55. The molecule has 1 aliphatic carbocycles. The van der Waals surface area contributed by atoms with Crippen LogP contribution in [0.25, 0.3) is 0 Å². The number of ether oxygens (including phenoxy) is 1. The van der Waals surface area contributed by atoms with Gasteiger partial charge in [-0.3, -0.25) is 0 Å². The minimum atomic E-state index is 0.412. The first-order valence-electron chi connectivity index (χ1n) is 6.56. The summed E-state index contributed by atoms with van der Waals surface area (Å²) in [5.74, 6) is 0.718. The highest BCUT2D eigenvalue weighted by molar-refractivity contribution is 6.32. The SMILES string of the molecule is COc1ccc(NC2/C=C/CCCCC2)cc1Cl. The molecule has 0 radical (unpaired) electrons. The number of benzene rings is 1. The lowest BCUT2D eigenvalue weighted by Crippen LogP contribution is -2.17. The van der Waals surface area contributed by atoms with Crippen LogP contribution in [0.2, 0.25) is 5.02 Å². The number of hydrogen-bond donors (Lipinski definition) is 1. The van der Waals surface area contributed by atoms with Crippen molar-refractivity contribution in [3.05, 3.63) is 35.4 Å². The van der Waals surface area contributed by atoms with Gasteiger partial charge >= 0.3 is 0 Å². The number of allylic oxidation sites excluding steroid dienone is 1. The van der Waals surface area contributed by atoms with Crippen LogP contribution in [0, 0.1) is 0 Å². The van der Waals surface area contributed by atoms with Gasteiger partial charge in [0.05, 0.1) is 12.1 Å². The molecule has 2 nitrogen and oxygen atoms in total. The molecular formula is C15H20ClNO. The summed E-state index contributed by atoms with van der Waals surface area (Å²) < 4.78 is 5.15. The van der Waals surface area contributed by atoms with E-state index in [9.17, 15) is 0 Å². The number of hydrogen-bond acceptors (Lipinski definition) is 2. The fourth-order valence-electron chi connectivity index (χ4n) is 2.25. The van der Waals surface area contributed by atoms with E-state index < -0.39 is 0 Å². The third kappa shape index (κ3) is 3.67. The van der Waals surface area contributed by atoms with E-state index in [0.717, 1.165) is 11.4 Å². The zero-order valence-electron chi connectivity index (χ0n) is 10.8. The van der Waals surface area contributed by atoms with Crippen LogP contribution in [-0.4, -0.2) is 13.2 Å². The Labute approximate surface area is 114 Å². The Kier molecular flexibility index (Phi) is 4.94. The van der Waals surface area contributed by atoms with Crippen LogP contribution >= 0.6 is 11.6 Å². The Bertz CT molecular complexity index is 417. The van der Waals surface area contributed by atoms with Gasteiger partial charge in [0.2, 0.25) is 0 Å². The molecule has 1 N–H and O–H groups in total. The summed E-state index contributed by atoms with van der Waals surface area (Å²) in [6, 6.07) is 6.25. The lowest BCUT2D eigenvalue weighted by Gasteiger charge is -2.18. The van der Waals surface area contributed by atoms with Crippen molar-refractivity contribution in [1.82, 2.24) is 0 Å². The molecule has 2 rings (SSSR count). The maximum absolute atomic E-state index is 6.12. The highest BCUT2D eigenvalue weighted by Gasteiger charge is 2.08. The topological polar surface area (TPSA) is 21.3 Å². The van der Waals surface area contributed by atoms with Crippen LogP contribution in [-0.2, 0) is 0 Å². The van der Waals surface area contributed by atoms with Gasteiger partial charge in [0.15, 0.2) is 0 Å². The van der Waals surface area contributed by atoms with Crippen molar-refractivity contribution < 1.29 is 4.74 Å². The second-order valence-corrected chi connectivity index (χ2v) is 5.07. The van der Waals surface area contributed by atoms with Gasteiger partial charge in [-0.25, -0.2) is 0 Å². The fourth-order valence-corrected chi connectivity index (χ4v) is 2.51. The lowest BCUT2D eigenvalue weighted by molar-refractivity contribution is 0.415. The van der Waals surface area contributed by atoms with E-state index in [1.807, 2.05) is 18.2 Å². The number of nitrogens with one attached hydrogen (secondary N) is 1. The molecule has 3 heteroatoms.